The Kier molecular flexibility index (Phi) is 2.97. The van der Waals surface area contributed by atoms with E-state index in [-0.39, 0.29) is 35.3 Å². The summed E-state index contributed by atoms with van der Waals surface area (Å²) in [7, 11) is 0. The van der Waals surface area contributed by atoms with Crippen LogP contribution in [0.5, 0.6) is 0 Å². The molecule has 0 aromatic carbocycles. The van der Waals surface area contributed by atoms with Crippen LogP contribution in [0.1, 0.15) is 40.5 Å². The van der Waals surface area contributed by atoms with Crippen LogP contribution in [0, 0.1) is 11.3 Å². The molecular formula is C17H22O4. The van der Waals surface area contributed by atoms with Crippen LogP contribution in [0.2, 0.25) is 0 Å². The third-order valence-electron chi connectivity index (χ3n) is 5.68. The summed E-state index contributed by atoms with van der Waals surface area (Å²) >= 11 is 0. The quantitative estimate of drug-likeness (QED) is 0.445. The Balaban J connectivity index is 1.99. The van der Waals surface area contributed by atoms with Gasteiger partial charge in [0.05, 0.1) is 0 Å². The lowest BCUT2D eigenvalue weighted by Gasteiger charge is -2.47. The van der Waals surface area contributed by atoms with Crippen molar-refractivity contribution in [3.8, 4) is 0 Å². The highest BCUT2D eigenvalue weighted by atomic mass is 16.6. The molecule has 0 radical (unpaired) electrons. The van der Waals surface area contributed by atoms with Crippen LogP contribution in [0.4, 0.5) is 0 Å². The SMILES string of the molecule is C=C(C)[C@]12O[C@H]1[C@]1(C)C(=CC2=O)CC[C@H](OC(C)=O)[C@H]1C. The molecule has 1 heterocycles. The van der Waals surface area contributed by atoms with E-state index in [0.717, 1.165) is 24.0 Å². The van der Waals surface area contributed by atoms with Gasteiger partial charge in [-0.05, 0) is 31.4 Å². The number of esters is 1. The summed E-state index contributed by atoms with van der Waals surface area (Å²) in [5, 5.41) is 0. The highest BCUT2D eigenvalue weighted by molar-refractivity contribution is 6.04. The van der Waals surface area contributed by atoms with Gasteiger partial charge in [-0.3, -0.25) is 9.59 Å². The van der Waals surface area contributed by atoms with Gasteiger partial charge in [0.15, 0.2) is 11.4 Å². The molecule has 0 amide bonds. The molecule has 0 unspecified atom stereocenters. The number of hydrogen-bond donors (Lipinski definition) is 0. The first-order chi connectivity index (χ1) is 9.74. The molecule has 4 nitrogen and oxygen atoms in total. The van der Waals surface area contributed by atoms with Gasteiger partial charge in [-0.2, -0.15) is 0 Å². The van der Waals surface area contributed by atoms with Gasteiger partial charge in [-0.25, -0.2) is 0 Å². The van der Waals surface area contributed by atoms with Gasteiger partial charge in [-0.15, -0.1) is 0 Å². The first kappa shape index (κ1) is 14.5. The number of hydrogen-bond acceptors (Lipinski definition) is 4. The van der Waals surface area contributed by atoms with Gasteiger partial charge in [0.2, 0.25) is 0 Å². The standard InChI is InChI=1S/C17H22O4/c1-9(2)17-14(19)8-12-6-7-13(20-11(4)18)10(3)16(12,5)15(17)21-17/h8,10,13,15H,1,6-7H2,2-5H3/t10-,13+,15+,16+,17-/m1/s1. The van der Waals surface area contributed by atoms with Gasteiger partial charge >= 0.3 is 5.97 Å². The van der Waals surface area contributed by atoms with Gasteiger partial charge in [-0.1, -0.05) is 26.0 Å². The molecule has 2 aliphatic carbocycles. The third-order valence-corrected chi connectivity index (χ3v) is 5.68. The van der Waals surface area contributed by atoms with Gasteiger partial charge in [0, 0.05) is 18.3 Å². The van der Waals surface area contributed by atoms with E-state index in [1.807, 2.05) is 6.92 Å². The number of fused-ring (bicyclic) bond motifs is 3. The summed E-state index contributed by atoms with van der Waals surface area (Å²) in [6.07, 6.45) is 2.99. The van der Waals surface area contributed by atoms with Crippen molar-refractivity contribution in [3.63, 3.8) is 0 Å². The minimum atomic E-state index is -0.843. The molecule has 0 aromatic rings. The first-order valence-corrected chi connectivity index (χ1v) is 7.51. The molecule has 0 N–H and O–H groups in total. The monoisotopic (exact) mass is 290 g/mol. The number of carbonyl (C=O) groups is 2. The molecule has 2 fully saturated rings. The van der Waals surface area contributed by atoms with E-state index in [4.69, 9.17) is 9.47 Å². The lowest BCUT2D eigenvalue weighted by Crippen LogP contribution is -2.51. The van der Waals surface area contributed by atoms with Crippen LogP contribution in [0.3, 0.4) is 0 Å². The van der Waals surface area contributed by atoms with Crippen LogP contribution < -0.4 is 0 Å². The van der Waals surface area contributed by atoms with Crippen molar-refractivity contribution in [3.05, 3.63) is 23.8 Å². The molecule has 1 aliphatic heterocycles. The lowest BCUT2D eigenvalue weighted by molar-refractivity contribution is -0.153. The topological polar surface area (TPSA) is 55.9 Å². The van der Waals surface area contributed by atoms with E-state index in [2.05, 4.69) is 20.4 Å². The second-order valence-corrected chi connectivity index (χ2v) is 6.81. The number of ketones is 1. The number of carbonyl (C=O) groups excluding carboxylic acids is 2. The average Bonchev–Trinajstić information content (AvgIpc) is 3.15. The normalized spacial score (nSPS) is 44.3. The van der Waals surface area contributed by atoms with E-state index in [9.17, 15) is 9.59 Å². The summed E-state index contributed by atoms with van der Waals surface area (Å²) < 4.78 is 11.4. The van der Waals surface area contributed by atoms with Crippen molar-refractivity contribution in [1.82, 2.24) is 0 Å². The Labute approximate surface area is 125 Å². The lowest BCUT2D eigenvalue weighted by atomic mass is 9.57. The van der Waals surface area contributed by atoms with E-state index in [1.165, 1.54) is 6.92 Å². The summed E-state index contributed by atoms with van der Waals surface area (Å²) in [6.45, 7) is 11.4. The smallest absolute Gasteiger partial charge is 0.302 e. The maximum absolute atomic E-state index is 12.4. The zero-order chi connectivity index (χ0) is 15.6. The molecule has 21 heavy (non-hydrogen) atoms. The van der Waals surface area contributed by atoms with E-state index >= 15 is 0 Å². The Morgan fingerprint density at radius 1 is 1.48 bits per heavy atom. The molecule has 1 saturated heterocycles. The van der Waals surface area contributed by atoms with E-state index in [0.29, 0.717) is 0 Å². The van der Waals surface area contributed by atoms with Gasteiger partial charge in [0.1, 0.15) is 12.2 Å². The van der Waals surface area contributed by atoms with Crippen molar-refractivity contribution >= 4 is 11.8 Å². The third kappa shape index (κ3) is 1.71. The molecule has 0 bridgehead atoms. The zero-order valence-electron chi connectivity index (χ0n) is 13.1. The largest absolute Gasteiger partial charge is 0.462 e. The van der Waals surface area contributed by atoms with Crippen molar-refractivity contribution in [2.24, 2.45) is 11.3 Å². The van der Waals surface area contributed by atoms with Crippen LogP contribution in [-0.2, 0) is 19.1 Å². The van der Waals surface area contributed by atoms with Crippen LogP contribution >= 0.6 is 0 Å². The molecule has 3 rings (SSSR count). The van der Waals surface area contributed by atoms with E-state index < -0.39 is 5.60 Å². The minimum absolute atomic E-state index is 0.0191. The molecule has 1 saturated carbocycles. The number of epoxide rings is 1. The first-order valence-electron chi connectivity index (χ1n) is 7.51. The second-order valence-electron chi connectivity index (χ2n) is 6.81. The Morgan fingerprint density at radius 3 is 2.71 bits per heavy atom. The second kappa shape index (κ2) is 4.29. The van der Waals surface area contributed by atoms with Gasteiger partial charge < -0.3 is 9.47 Å². The van der Waals surface area contributed by atoms with Crippen LogP contribution in [-0.4, -0.2) is 29.6 Å². The van der Waals surface area contributed by atoms with Crippen molar-refractivity contribution in [2.45, 2.75) is 58.3 Å². The highest BCUT2D eigenvalue weighted by Gasteiger charge is 2.73. The van der Waals surface area contributed by atoms with Crippen molar-refractivity contribution in [1.29, 1.82) is 0 Å². The fourth-order valence-electron chi connectivity index (χ4n) is 4.19. The predicted octanol–water partition coefficient (Wildman–Crippen LogP) is 2.58. The maximum Gasteiger partial charge on any atom is 0.302 e. The molecule has 0 spiro atoms. The summed E-state index contributed by atoms with van der Waals surface area (Å²) in [4.78, 5) is 23.7. The van der Waals surface area contributed by atoms with Crippen molar-refractivity contribution < 1.29 is 19.1 Å². The molecule has 3 aliphatic rings. The zero-order valence-corrected chi connectivity index (χ0v) is 13.1. The minimum Gasteiger partial charge on any atom is -0.462 e. The highest BCUT2D eigenvalue weighted by Crippen LogP contribution is 2.63. The molecule has 5 atom stereocenters. The summed E-state index contributed by atoms with van der Waals surface area (Å²) in [6, 6.07) is 0. The molecule has 114 valence electrons. The van der Waals surface area contributed by atoms with Crippen LogP contribution in [0.25, 0.3) is 0 Å². The maximum atomic E-state index is 12.4. The molecular weight excluding hydrogens is 268 g/mol. The average molecular weight is 290 g/mol. The Morgan fingerprint density at radius 2 is 2.14 bits per heavy atom. The fourth-order valence-corrected chi connectivity index (χ4v) is 4.19. The summed E-state index contributed by atoms with van der Waals surface area (Å²) in [5.74, 6) is -0.121. The summed E-state index contributed by atoms with van der Waals surface area (Å²) in [5.41, 5.74) is 0.772. The Hall–Kier alpha value is -1.42. The fraction of sp³-hybridized carbons (Fsp3) is 0.647. The number of ether oxygens (including phenoxy) is 2. The molecule has 0 aromatic heterocycles. The van der Waals surface area contributed by atoms with Crippen LogP contribution in [0.15, 0.2) is 23.8 Å². The Bertz CT molecular complexity index is 575. The number of rotatable bonds is 2. The van der Waals surface area contributed by atoms with Crippen molar-refractivity contribution in [2.75, 3.05) is 0 Å². The molecule has 4 heteroatoms. The van der Waals surface area contributed by atoms with E-state index in [1.54, 1.807) is 6.08 Å². The predicted molar refractivity (Wildman–Crippen MR) is 77.6 cm³/mol. The van der Waals surface area contributed by atoms with Gasteiger partial charge in [0.25, 0.3) is 0 Å².